The minimum Gasteiger partial charge on any atom is -0.317 e. The fourth-order valence-electron chi connectivity index (χ4n) is 2.15. The third kappa shape index (κ3) is 2.71. The number of rotatable bonds is 2. The second-order valence-corrected chi connectivity index (χ2v) is 4.68. The Bertz CT molecular complexity index is 352. The number of hydrogen-bond donors (Lipinski definition) is 1. The number of hydrogen-bond acceptors (Lipinski definition) is 1. The molecule has 16 heavy (non-hydrogen) atoms. The minimum atomic E-state index is -0.948. The summed E-state index contributed by atoms with van der Waals surface area (Å²) in [6, 6.07) is 2.78. The van der Waals surface area contributed by atoms with Crippen molar-refractivity contribution in [2.45, 2.75) is 19.3 Å². The second-order valence-electron chi connectivity index (χ2n) is 4.27. The maximum Gasteiger partial charge on any atom is 0.177 e. The Morgan fingerprint density at radius 2 is 1.94 bits per heavy atom. The monoisotopic (exact) mass is 245 g/mol. The first-order valence-electron chi connectivity index (χ1n) is 5.51. The molecule has 0 radical (unpaired) electrons. The van der Waals surface area contributed by atoms with Crippen LogP contribution in [0.4, 0.5) is 8.78 Å². The van der Waals surface area contributed by atoms with Crippen molar-refractivity contribution in [3.63, 3.8) is 0 Å². The Morgan fingerprint density at radius 1 is 1.25 bits per heavy atom. The van der Waals surface area contributed by atoms with Crippen molar-refractivity contribution < 1.29 is 8.78 Å². The molecule has 1 aromatic rings. The average Bonchev–Trinajstić information content (AvgIpc) is 2.27. The highest BCUT2D eigenvalue weighted by Crippen LogP contribution is 2.24. The van der Waals surface area contributed by atoms with Crippen molar-refractivity contribution in [1.29, 1.82) is 0 Å². The van der Waals surface area contributed by atoms with Crippen LogP contribution in [0.25, 0.3) is 0 Å². The molecular formula is C12H14ClF2N. The molecule has 1 nitrogen and oxygen atoms in total. The summed E-state index contributed by atoms with van der Waals surface area (Å²) in [5.41, 5.74) is 0.788. The van der Waals surface area contributed by atoms with E-state index in [0.717, 1.165) is 37.9 Å². The summed E-state index contributed by atoms with van der Waals surface area (Å²) in [7, 11) is 0. The average molecular weight is 246 g/mol. The molecule has 1 aliphatic rings. The summed E-state index contributed by atoms with van der Waals surface area (Å²) in [6.07, 6.45) is 2.94. The molecule has 0 unspecified atom stereocenters. The van der Waals surface area contributed by atoms with Gasteiger partial charge in [0.05, 0.1) is 5.02 Å². The van der Waals surface area contributed by atoms with Crippen LogP contribution in [0.1, 0.15) is 18.4 Å². The van der Waals surface area contributed by atoms with Crippen molar-refractivity contribution in [2.24, 2.45) is 5.92 Å². The van der Waals surface area contributed by atoms with Crippen LogP contribution in [0.3, 0.4) is 0 Å². The van der Waals surface area contributed by atoms with E-state index in [0.29, 0.717) is 5.92 Å². The molecule has 1 N–H and O–H groups in total. The topological polar surface area (TPSA) is 12.0 Å². The van der Waals surface area contributed by atoms with Crippen molar-refractivity contribution in [3.8, 4) is 0 Å². The smallest absolute Gasteiger partial charge is 0.177 e. The summed E-state index contributed by atoms with van der Waals surface area (Å²) in [5.74, 6) is -1.26. The van der Waals surface area contributed by atoms with Gasteiger partial charge in [0.2, 0.25) is 0 Å². The van der Waals surface area contributed by atoms with Crippen LogP contribution in [0.5, 0.6) is 0 Å². The molecule has 2 rings (SSSR count). The summed E-state index contributed by atoms with van der Waals surface area (Å²) in [6.45, 7) is 2.00. The predicted molar refractivity (Wildman–Crippen MR) is 60.7 cm³/mol. The van der Waals surface area contributed by atoms with Crippen LogP contribution < -0.4 is 5.32 Å². The van der Waals surface area contributed by atoms with Gasteiger partial charge in [0.1, 0.15) is 0 Å². The zero-order valence-electron chi connectivity index (χ0n) is 8.90. The van der Waals surface area contributed by atoms with Gasteiger partial charge in [0.15, 0.2) is 11.6 Å². The Morgan fingerprint density at radius 3 is 2.56 bits per heavy atom. The molecule has 88 valence electrons. The van der Waals surface area contributed by atoms with Crippen molar-refractivity contribution in [2.75, 3.05) is 13.1 Å². The Hall–Kier alpha value is -0.670. The quantitative estimate of drug-likeness (QED) is 0.790. The molecule has 0 atom stereocenters. The molecule has 0 amide bonds. The summed E-state index contributed by atoms with van der Waals surface area (Å²) in [4.78, 5) is 0. The fraction of sp³-hybridized carbons (Fsp3) is 0.500. The molecule has 1 aromatic carbocycles. The van der Waals surface area contributed by atoms with Gasteiger partial charge in [0, 0.05) is 0 Å². The lowest BCUT2D eigenvalue weighted by molar-refractivity contribution is 0.372. The van der Waals surface area contributed by atoms with E-state index in [1.807, 2.05) is 0 Å². The SMILES string of the molecule is Fc1cc(CC2CCNCC2)cc(Cl)c1F. The number of nitrogens with one attached hydrogen (secondary N) is 1. The van der Waals surface area contributed by atoms with Gasteiger partial charge < -0.3 is 5.32 Å². The van der Waals surface area contributed by atoms with E-state index in [1.54, 1.807) is 0 Å². The third-order valence-corrected chi connectivity index (χ3v) is 3.30. The van der Waals surface area contributed by atoms with E-state index in [1.165, 1.54) is 12.1 Å². The first-order valence-corrected chi connectivity index (χ1v) is 5.89. The maximum absolute atomic E-state index is 13.1. The molecule has 4 heteroatoms. The van der Waals surface area contributed by atoms with Crippen molar-refractivity contribution in [3.05, 3.63) is 34.4 Å². The van der Waals surface area contributed by atoms with E-state index in [4.69, 9.17) is 11.6 Å². The van der Waals surface area contributed by atoms with Crippen LogP contribution >= 0.6 is 11.6 Å². The molecule has 0 bridgehead atoms. The van der Waals surface area contributed by atoms with Gasteiger partial charge in [-0.2, -0.15) is 0 Å². The van der Waals surface area contributed by atoms with E-state index < -0.39 is 11.6 Å². The normalized spacial score (nSPS) is 17.7. The number of benzene rings is 1. The highest BCUT2D eigenvalue weighted by molar-refractivity contribution is 6.30. The molecule has 1 aliphatic heterocycles. The van der Waals surface area contributed by atoms with E-state index in [2.05, 4.69) is 5.32 Å². The highest BCUT2D eigenvalue weighted by atomic mass is 35.5. The predicted octanol–water partition coefficient (Wildman–Crippen LogP) is 3.16. The van der Waals surface area contributed by atoms with E-state index in [9.17, 15) is 8.78 Å². The summed E-state index contributed by atoms with van der Waals surface area (Å²) in [5, 5.41) is 3.15. The van der Waals surface area contributed by atoms with Crippen molar-refractivity contribution in [1.82, 2.24) is 5.32 Å². The van der Waals surface area contributed by atoms with Crippen LogP contribution in [0.15, 0.2) is 12.1 Å². The lowest BCUT2D eigenvalue weighted by Gasteiger charge is -2.22. The lowest BCUT2D eigenvalue weighted by Crippen LogP contribution is -2.28. The van der Waals surface area contributed by atoms with Crippen LogP contribution in [0, 0.1) is 17.6 Å². The first-order chi connectivity index (χ1) is 7.66. The van der Waals surface area contributed by atoms with Gasteiger partial charge in [-0.3, -0.25) is 0 Å². The fourth-order valence-corrected chi connectivity index (χ4v) is 2.38. The molecule has 1 fully saturated rings. The van der Waals surface area contributed by atoms with Gasteiger partial charge in [-0.05, 0) is 56.0 Å². The zero-order chi connectivity index (χ0) is 11.5. The zero-order valence-corrected chi connectivity index (χ0v) is 9.66. The van der Waals surface area contributed by atoms with Crippen LogP contribution in [-0.4, -0.2) is 13.1 Å². The second kappa shape index (κ2) is 5.11. The van der Waals surface area contributed by atoms with Gasteiger partial charge in [-0.1, -0.05) is 11.6 Å². The molecule has 0 aliphatic carbocycles. The minimum absolute atomic E-state index is 0.121. The molecule has 1 heterocycles. The largest absolute Gasteiger partial charge is 0.317 e. The summed E-state index contributed by atoms with van der Waals surface area (Å²) < 4.78 is 26.1. The van der Waals surface area contributed by atoms with Crippen LogP contribution in [0.2, 0.25) is 5.02 Å². The molecular weight excluding hydrogens is 232 g/mol. The van der Waals surface area contributed by atoms with E-state index in [-0.39, 0.29) is 5.02 Å². The maximum atomic E-state index is 13.1. The Labute approximate surface area is 98.8 Å². The van der Waals surface area contributed by atoms with Crippen molar-refractivity contribution >= 4 is 11.6 Å². The third-order valence-electron chi connectivity index (χ3n) is 3.03. The molecule has 0 aromatic heterocycles. The highest BCUT2D eigenvalue weighted by Gasteiger charge is 2.16. The van der Waals surface area contributed by atoms with Gasteiger partial charge in [-0.15, -0.1) is 0 Å². The van der Waals surface area contributed by atoms with Crippen LogP contribution in [-0.2, 0) is 6.42 Å². The molecule has 0 spiro atoms. The summed E-state index contributed by atoms with van der Waals surface area (Å²) >= 11 is 5.61. The Kier molecular flexibility index (Phi) is 3.77. The van der Waals surface area contributed by atoms with E-state index >= 15 is 0 Å². The molecule has 1 saturated heterocycles. The van der Waals surface area contributed by atoms with Gasteiger partial charge >= 0.3 is 0 Å². The first kappa shape index (κ1) is 11.8. The van der Waals surface area contributed by atoms with Gasteiger partial charge in [-0.25, -0.2) is 8.78 Å². The lowest BCUT2D eigenvalue weighted by atomic mass is 9.91. The Balaban J connectivity index is 2.09. The standard InChI is InChI=1S/C12H14ClF2N/c13-10-6-9(7-11(14)12(10)15)5-8-1-3-16-4-2-8/h6-8,16H,1-5H2. The number of piperidine rings is 1. The van der Waals surface area contributed by atoms with Gasteiger partial charge in [0.25, 0.3) is 0 Å². The molecule has 0 saturated carbocycles. The number of halogens is 3.